The van der Waals surface area contributed by atoms with Gasteiger partial charge < -0.3 is 0 Å². The highest BCUT2D eigenvalue weighted by atomic mass is 14.3. The van der Waals surface area contributed by atoms with Gasteiger partial charge in [0.25, 0.3) is 0 Å². The van der Waals surface area contributed by atoms with Crippen LogP contribution in [-0.4, -0.2) is 0 Å². The lowest BCUT2D eigenvalue weighted by Crippen LogP contribution is -2.18. The Kier molecular flexibility index (Phi) is 2.76. The van der Waals surface area contributed by atoms with Crippen LogP contribution >= 0.6 is 0 Å². The molecule has 0 aromatic carbocycles. The van der Waals surface area contributed by atoms with Gasteiger partial charge in [-0.15, -0.1) is 0 Å². The van der Waals surface area contributed by atoms with Crippen LogP contribution in [0.5, 0.6) is 0 Å². The number of hydrogen-bond donors (Lipinski definition) is 0. The molecule has 2 atom stereocenters. The molecule has 0 radical (unpaired) electrons. The topological polar surface area (TPSA) is 0 Å². The summed E-state index contributed by atoms with van der Waals surface area (Å²) >= 11 is 0. The van der Waals surface area contributed by atoms with E-state index in [0.29, 0.717) is 0 Å². The Hall–Kier alpha value is 0. The lowest BCUT2D eigenvalue weighted by molar-refractivity contribution is 0.215. The van der Waals surface area contributed by atoms with Gasteiger partial charge in [0.15, 0.2) is 0 Å². The molecule has 0 unspecified atom stereocenters. The van der Waals surface area contributed by atoms with Gasteiger partial charge in [0.05, 0.1) is 0 Å². The summed E-state index contributed by atoms with van der Waals surface area (Å²) in [5.74, 6) is 3.03. The zero-order chi connectivity index (χ0) is 7.56. The van der Waals surface area contributed by atoms with E-state index < -0.39 is 0 Å². The minimum atomic E-state index is 0.994. The normalized spacial score (nSPS) is 41.7. The maximum absolute atomic E-state index is 2.40. The van der Waals surface area contributed by atoms with Crippen molar-refractivity contribution in [1.82, 2.24) is 0 Å². The van der Waals surface area contributed by atoms with Crippen LogP contribution in [0.15, 0.2) is 0 Å². The van der Waals surface area contributed by atoms with E-state index in [0.717, 1.165) is 17.8 Å². The van der Waals surface area contributed by atoms with E-state index in [1.807, 2.05) is 0 Å². The molecule has 1 aliphatic rings. The molecule has 1 fully saturated rings. The summed E-state index contributed by atoms with van der Waals surface area (Å²) in [4.78, 5) is 0. The smallest absolute Gasteiger partial charge is 0.0412 e. The highest BCUT2D eigenvalue weighted by Crippen LogP contribution is 2.34. The minimum absolute atomic E-state index is 0.994. The van der Waals surface area contributed by atoms with Crippen molar-refractivity contribution in [2.24, 2.45) is 17.8 Å². The van der Waals surface area contributed by atoms with Gasteiger partial charge in [-0.3, -0.25) is 0 Å². The highest BCUT2D eigenvalue weighted by Gasteiger charge is 2.21. The van der Waals surface area contributed by atoms with Crippen molar-refractivity contribution in [3.05, 3.63) is 0 Å². The van der Waals surface area contributed by atoms with Crippen molar-refractivity contribution in [3.63, 3.8) is 0 Å². The van der Waals surface area contributed by atoms with Gasteiger partial charge in [-0.25, -0.2) is 0 Å². The largest absolute Gasteiger partial charge is 0.0651 e. The molecule has 1 rings (SSSR count). The molecule has 0 aliphatic heterocycles. The monoisotopic (exact) mass is 140 g/mol. The third-order valence-electron chi connectivity index (χ3n) is 2.85. The molecular weight excluding hydrogens is 120 g/mol. The summed E-state index contributed by atoms with van der Waals surface area (Å²) in [7, 11) is 0. The van der Waals surface area contributed by atoms with Crippen LogP contribution in [-0.2, 0) is 0 Å². The summed E-state index contributed by atoms with van der Waals surface area (Å²) in [5.41, 5.74) is 0. The van der Waals surface area contributed by atoms with E-state index in [4.69, 9.17) is 0 Å². The van der Waals surface area contributed by atoms with Crippen molar-refractivity contribution < 1.29 is 0 Å². The van der Waals surface area contributed by atoms with E-state index in [-0.39, 0.29) is 0 Å². The van der Waals surface area contributed by atoms with Gasteiger partial charge in [-0.05, 0) is 37.0 Å². The van der Waals surface area contributed by atoms with Crippen LogP contribution in [0.1, 0.15) is 46.5 Å². The van der Waals surface area contributed by atoms with Gasteiger partial charge in [0.1, 0.15) is 0 Å². The van der Waals surface area contributed by atoms with E-state index in [1.54, 1.807) is 0 Å². The third kappa shape index (κ3) is 2.00. The first kappa shape index (κ1) is 8.10. The van der Waals surface area contributed by atoms with Crippen molar-refractivity contribution in [3.8, 4) is 0 Å². The van der Waals surface area contributed by atoms with E-state index >= 15 is 0 Å². The average Bonchev–Trinajstić information content (AvgIpc) is 1.85. The van der Waals surface area contributed by atoms with Crippen LogP contribution in [0.2, 0.25) is 0 Å². The second-order valence-corrected chi connectivity index (χ2v) is 4.19. The minimum Gasteiger partial charge on any atom is -0.0651 e. The maximum atomic E-state index is 2.40. The molecule has 10 heavy (non-hydrogen) atoms. The predicted octanol–water partition coefficient (Wildman–Crippen LogP) is 3.47. The molecule has 0 heteroatoms. The van der Waals surface area contributed by atoms with E-state index in [9.17, 15) is 0 Å². The molecule has 0 aromatic rings. The zero-order valence-corrected chi connectivity index (χ0v) is 7.56. The second kappa shape index (κ2) is 3.41. The third-order valence-corrected chi connectivity index (χ3v) is 2.85. The fraction of sp³-hybridized carbons (Fsp3) is 1.00. The summed E-state index contributed by atoms with van der Waals surface area (Å²) in [6, 6.07) is 0. The molecule has 0 N–H and O–H groups in total. The molecule has 0 heterocycles. The van der Waals surface area contributed by atoms with Crippen molar-refractivity contribution in [2.45, 2.75) is 46.5 Å². The van der Waals surface area contributed by atoms with Crippen molar-refractivity contribution in [1.29, 1.82) is 0 Å². The van der Waals surface area contributed by atoms with Crippen LogP contribution in [0, 0.1) is 17.8 Å². The molecule has 1 saturated carbocycles. The molecule has 0 amide bonds. The standard InChI is InChI=1S/C10H20/c1-4-10-6-8(2)5-9(3)7-10/h8-10H,4-7H2,1-3H3/t8-,9-/m0/s1. The molecule has 0 aromatic heterocycles. The Morgan fingerprint density at radius 1 is 1.00 bits per heavy atom. The van der Waals surface area contributed by atoms with Crippen molar-refractivity contribution >= 4 is 0 Å². The maximum Gasteiger partial charge on any atom is -0.0412 e. The Morgan fingerprint density at radius 2 is 1.50 bits per heavy atom. The SMILES string of the molecule is CCC1C[C@@H](C)C[C@H](C)C1. The van der Waals surface area contributed by atoms with Gasteiger partial charge in [-0.2, -0.15) is 0 Å². The van der Waals surface area contributed by atoms with Crippen LogP contribution in [0.3, 0.4) is 0 Å². The van der Waals surface area contributed by atoms with E-state index in [2.05, 4.69) is 20.8 Å². The molecule has 0 nitrogen and oxygen atoms in total. The Balaban J connectivity index is 2.35. The predicted molar refractivity (Wildman–Crippen MR) is 46.0 cm³/mol. The molecule has 0 bridgehead atoms. The van der Waals surface area contributed by atoms with Crippen LogP contribution < -0.4 is 0 Å². The van der Waals surface area contributed by atoms with Gasteiger partial charge in [-0.1, -0.05) is 27.2 Å². The Bertz CT molecular complexity index is 86.2. The number of rotatable bonds is 1. The highest BCUT2D eigenvalue weighted by molar-refractivity contribution is 4.73. The second-order valence-electron chi connectivity index (χ2n) is 4.19. The van der Waals surface area contributed by atoms with Crippen molar-refractivity contribution in [2.75, 3.05) is 0 Å². The average molecular weight is 140 g/mol. The van der Waals surface area contributed by atoms with Crippen LogP contribution in [0.25, 0.3) is 0 Å². The number of hydrogen-bond acceptors (Lipinski definition) is 0. The Morgan fingerprint density at radius 3 is 1.90 bits per heavy atom. The molecule has 1 aliphatic carbocycles. The lowest BCUT2D eigenvalue weighted by atomic mass is 9.76. The first-order chi connectivity index (χ1) is 4.72. The lowest BCUT2D eigenvalue weighted by Gasteiger charge is -2.30. The molecule has 0 saturated heterocycles. The first-order valence-electron chi connectivity index (χ1n) is 4.72. The quantitative estimate of drug-likeness (QED) is 0.523. The summed E-state index contributed by atoms with van der Waals surface area (Å²) in [6.45, 7) is 7.13. The first-order valence-corrected chi connectivity index (χ1v) is 4.72. The molecule has 60 valence electrons. The van der Waals surface area contributed by atoms with Gasteiger partial charge in [0.2, 0.25) is 0 Å². The van der Waals surface area contributed by atoms with Gasteiger partial charge in [0, 0.05) is 0 Å². The summed E-state index contributed by atoms with van der Waals surface area (Å²) < 4.78 is 0. The fourth-order valence-electron chi connectivity index (χ4n) is 2.45. The molecular formula is C10H20. The fourth-order valence-corrected chi connectivity index (χ4v) is 2.45. The summed E-state index contributed by atoms with van der Waals surface area (Å²) in [5, 5.41) is 0. The zero-order valence-electron chi connectivity index (χ0n) is 7.56. The Labute approximate surface area is 65.0 Å². The van der Waals surface area contributed by atoms with Gasteiger partial charge >= 0.3 is 0 Å². The van der Waals surface area contributed by atoms with E-state index in [1.165, 1.54) is 25.7 Å². The molecule has 0 spiro atoms. The summed E-state index contributed by atoms with van der Waals surface area (Å²) in [6.07, 6.45) is 5.84. The van der Waals surface area contributed by atoms with Crippen LogP contribution in [0.4, 0.5) is 0 Å².